The molecule has 4 heteroatoms. The highest BCUT2D eigenvalue weighted by Gasteiger charge is 2.45. The summed E-state index contributed by atoms with van der Waals surface area (Å²) < 4.78 is 12.8. The molecule has 0 amide bonds. The summed E-state index contributed by atoms with van der Waals surface area (Å²) in [6.07, 6.45) is 2.40. The first-order valence-corrected chi connectivity index (χ1v) is 7.42. The molecular formula is C18H18FNO2. The predicted molar refractivity (Wildman–Crippen MR) is 83.3 cm³/mol. The Labute approximate surface area is 128 Å². The Bertz CT molecular complexity index is 660. The molecule has 1 aliphatic rings. The Morgan fingerprint density at radius 3 is 2.23 bits per heavy atom. The number of carbonyl (C=O) groups is 1. The Hall–Kier alpha value is -2.36. The van der Waals surface area contributed by atoms with Gasteiger partial charge in [-0.2, -0.15) is 0 Å². The lowest BCUT2D eigenvalue weighted by Crippen LogP contribution is -2.42. The molecule has 1 fully saturated rings. The zero-order valence-electron chi connectivity index (χ0n) is 12.2. The molecular weight excluding hydrogens is 281 g/mol. The SMILES string of the molecule is O=C(O)C1(c2ccc(NCc3ccc(F)cc3)cc2)CCC1. The first-order valence-electron chi connectivity index (χ1n) is 7.42. The van der Waals surface area contributed by atoms with Crippen molar-refractivity contribution >= 4 is 11.7 Å². The molecule has 0 heterocycles. The fraction of sp³-hybridized carbons (Fsp3) is 0.278. The molecule has 1 saturated carbocycles. The van der Waals surface area contributed by atoms with E-state index in [-0.39, 0.29) is 5.82 Å². The summed E-state index contributed by atoms with van der Waals surface area (Å²) in [5.74, 6) is -0.974. The van der Waals surface area contributed by atoms with Gasteiger partial charge in [0.2, 0.25) is 0 Å². The first-order chi connectivity index (χ1) is 10.6. The molecule has 0 spiro atoms. The van der Waals surface area contributed by atoms with E-state index in [1.165, 1.54) is 12.1 Å². The third-order valence-corrected chi connectivity index (χ3v) is 4.46. The molecule has 0 atom stereocenters. The molecule has 3 rings (SSSR count). The average molecular weight is 299 g/mol. The number of rotatable bonds is 5. The molecule has 1 aliphatic carbocycles. The summed E-state index contributed by atoms with van der Waals surface area (Å²) in [6, 6.07) is 13.9. The van der Waals surface area contributed by atoms with Gasteiger partial charge in [0.15, 0.2) is 0 Å². The van der Waals surface area contributed by atoms with Crippen LogP contribution in [0, 0.1) is 5.82 Å². The molecule has 0 saturated heterocycles. The largest absolute Gasteiger partial charge is 0.481 e. The monoisotopic (exact) mass is 299 g/mol. The zero-order chi connectivity index (χ0) is 15.6. The highest BCUT2D eigenvalue weighted by Crippen LogP contribution is 2.44. The number of nitrogens with one attached hydrogen (secondary N) is 1. The summed E-state index contributed by atoms with van der Waals surface area (Å²) in [4.78, 5) is 11.5. The van der Waals surface area contributed by atoms with Gasteiger partial charge >= 0.3 is 5.97 Å². The lowest BCUT2D eigenvalue weighted by atomic mass is 9.64. The molecule has 0 aromatic heterocycles. The maximum Gasteiger partial charge on any atom is 0.314 e. The molecule has 3 nitrogen and oxygen atoms in total. The van der Waals surface area contributed by atoms with Crippen LogP contribution in [0.25, 0.3) is 0 Å². The number of hydrogen-bond acceptors (Lipinski definition) is 2. The van der Waals surface area contributed by atoms with Crippen LogP contribution in [0.3, 0.4) is 0 Å². The van der Waals surface area contributed by atoms with E-state index in [4.69, 9.17) is 0 Å². The number of aliphatic carboxylic acids is 1. The topological polar surface area (TPSA) is 49.3 Å². The van der Waals surface area contributed by atoms with E-state index in [1.807, 2.05) is 24.3 Å². The van der Waals surface area contributed by atoms with Crippen molar-refractivity contribution < 1.29 is 14.3 Å². The Balaban J connectivity index is 1.67. The Morgan fingerprint density at radius 2 is 1.73 bits per heavy atom. The average Bonchev–Trinajstić information content (AvgIpc) is 2.46. The van der Waals surface area contributed by atoms with Gasteiger partial charge < -0.3 is 10.4 Å². The second-order valence-electron chi connectivity index (χ2n) is 5.80. The third-order valence-electron chi connectivity index (χ3n) is 4.46. The number of carboxylic acids is 1. The van der Waals surface area contributed by atoms with Crippen molar-refractivity contribution in [2.75, 3.05) is 5.32 Å². The van der Waals surface area contributed by atoms with Crippen molar-refractivity contribution in [3.63, 3.8) is 0 Å². The van der Waals surface area contributed by atoms with Crippen LogP contribution in [0.4, 0.5) is 10.1 Å². The van der Waals surface area contributed by atoms with Crippen molar-refractivity contribution in [3.8, 4) is 0 Å². The van der Waals surface area contributed by atoms with Gasteiger partial charge in [-0.3, -0.25) is 4.79 Å². The van der Waals surface area contributed by atoms with Gasteiger partial charge in [0.05, 0.1) is 5.41 Å². The normalized spacial score (nSPS) is 15.9. The fourth-order valence-electron chi connectivity index (χ4n) is 2.87. The molecule has 0 bridgehead atoms. The lowest BCUT2D eigenvalue weighted by molar-refractivity contribution is -0.147. The van der Waals surface area contributed by atoms with E-state index in [0.29, 0.717) is 19.4 Å². The standard InChI is InChI=1S/C18H18FNO2/c19-15-6-2-13(3-7-15)12-20-16-8-4-14(5-9-16)18(17(21)22)10-1-11-18/h2-9,20H,1,10-12H2,(H,21,22). The molecule has 2 aromatic carbocycles. The van der Waals surface area contributed by atoms with Crippen LogP contribution in [0.15, 0.2) is 48.5 Å². The second-order valence-corrected chi connectivity index (χ2v) is 5.80. The van der Waals surface area contributed by atoms with Crippen LogP contribution in [-0.4, -0.2) is 11.1 Å². The molecule has 22 heavy (non-hydrogen) atoms. The minimum atomic E-state index is -0.731. The van der Waals surface area contributed by atoms with Crippen LogP contribution < -0.4 is 5.32 Å². The van der Waals surface area contributed by atoms with Crippen molar-refractivity contribution in [2.45, 2.75) is 31.2 Å². The van der Waals surface area contributed by atoms with Gasteiger partial charge in [0.25, 0.3) is 0 Å². The summed E-state index contributed by atoms with van der Waals surface area (Å²) in [5, 5.41) is 12.7. The van der Waals surface area contributed by atoms with Crippen molar-refractivity contribution in [1.29, 1.82) is 0 Å². The number of benzene rings is 2. The molecule has 0 unspecified atom stereocenters. The highest BCUT2D eigenvalue weighted by atomic mass is 19.1. The minimum Gasteiger partial charge on any atom is -0.481 e. The maximum absolute atomic E-state index is 12.8. The number of halogens is 1. The molecule has 2 aromatic rings. The molecule has 0 aliphatic heterocycles. The highest BCUT2D eigenvalue weighted by molar-refractivity contribution is 5.82. The van der Waals surface area contributed by atoms with Gasteiger partial charge in [-0.25, -0.2) is 4.39 Å². The van der Waals surface area contributed by atoms with Crippen molar-refractivity contribution in [1.82, 2.24) is 0 Å². The number of anilines is 1. The number of hydrogen-bond donors (Lipinski definition) is 2. The van der Waals surface area contributed by atoms with Crippen LogP contribution in [0.2, 0.25) is 0 Å². The summed E-state index contributed by atoms with van der Waals surface area (Å²) in [6.45, 7) is 0.601. The molecule has 2 N–H and O–H groups in total. The van der Waals surface area contributed by atoms with Gasteiger partial charge in [0, 0.05) is 12.2 Å². The predicted octanol–water partition coefficient (Wildman–Crippen LogP) is 3.94. The van der Waals surface area contributed by atoms with Gasteiger partial charge in [0.1, 0.15) is 5.82 Å². The molecule has 114 valence electrons. The maximum atomic E-state index is 12.8. The minimum absolute atomic E-state index is 0.243. The Kier molecular flexibility index (Phi) is 3.84. The lowest BCUT2D eigenvalue weighted by Gasteiger charge is -2.38. The van der Waals surface area contributed by atoms with Crippen LogP contribution in [-0.2, 0) is 16.8 Å². The van der Waals surface area contributed by atoms with E-state index in [2.05, 4.69) is 5.32 Å². The Morgan fingerprint density at radius 1 is 1.09 bits per heavy atom. The number of carboxylic acid groups (broad SMARTS) is 1. The zero-order valence-corrected chi connectivity index (χ0v) is 12.2. The first kappa shape index (κ1) is 14.6. The van der Waals surface area contributed by atoms with Gasteiger partial charge in [-0.05, 0) is 48.2 Å². The van der Waals surface area contributed by atoms with E-state index in [1.54, 1.807) is 12.1 Å². The summed E-state index contributed by atoms with van der Waals surface area (Å²) >= 11 is 0. The van der Waals surface area contributed by atoms with E-state index < -0.39 is 11.4 Å². The van der Waals surface area contributed by atoms with Crippen LogP contribution in [0.1, 0.15) is 30.4 Å². The fourth-order valence-corrected chi connectivity index (χ4v) is 2.87. The second kappa shape index (κ2) is 5.79. The van der Waals surface area contributed by atoms with Crippen LogP contribution >= 0.6 is 0 Å². The summed E-state index contributed by atoms with van der Waals surface area (Å²) in [5.41, 5.74) is 2.10. The van der Waals surface area contributed by atoms with E-state index >= 15 is 0 Å². The third kappa shape index (κ3) is 2.69. The smallest absolute Gasteiger partial charge is 0.314 e. The van der Waals surface area contributed by atoms with Crippen molar-refractivity contribution in [3.05, 3.63) is 65.5 Å². The molecule has 0 radical (unpaired) electrons. The quantitative estimate of drug-likeness (QED) is 0.879. The van der Waals surface area contributed by atoms with Gasteiger partial charge in [-0.15, -0.1) is 0 Å². The van der Waals surface area contributed by atoms with Crippen LogP contribution in [0.5, 0.6) is 0 Å². The summed E-state index contributed by atoms with van der Waals surface area (Å²) in [7, 11) is 0. The van der Waals surface area contributed by atoms with E-state index in [9.17, 15) is 14.3 Å². The van der Waals surface area contributed by atoms with E-state index in [0.717, 1.165) is 23.2 Å². The van der Waals surface area contributed by atoms with Crippen molar-refractivity contribution in [2.24, 2.45) is 0 Å². The van der Waals surface area contributed by atoms with Gasteiger partial charge in [-0.1, -0.05) is 30.7 Å².